The lowest BCUT2D eigenvalue weighted by atomic mass is 9.91. The molecule has 1 aliphatic rings. The highest BCUT2D eigenvalue weighted by atomic mass is 32.2. The second kappa shape index (κ2) is 6.79. The molecule has 0 atom stereocenters. The second-order valence-corrected chi connectivity index (χ2v) is 9.55. The lowest BCUT2D eigenvalue weighted by Gasteiger charge is -2.15. The molecule has 3 N–H and O–H groups in total. The van der Waals surface area contributed by atoms with E-state index in [2.05, 4.69) is 40.7 Å². The molecule has 1 amide bonds. The Balaban J connectivity index is 1.71. The normalized spacial score (nSPS) is 15.4. The third-order valence-corrected chi connectivity index (χ3v) is 5.52. The van der Waals surface area contributed by atoms with Crippen LogP contribution in [0.5, 0.6) is 0 Å². The van der Waals surface area contributed by atoms with Crippen molar-refractivity contribution in [1.82, 2.24) is 20.1 Å². The SMILES string of the molecule is CC(C)(C)Cc1cc(NS(=O)(=O)c2c[nH]c(C(=O)N3CCCC3)c2)n[nH]1. The third kappa shape index (κ3) is 4.27. The van der Waals surface area contributed by atoms with Crippen molar-refractivity contribution in [1.29, 1.82) is 0 Å². The van der Waals surface area contributed by atoms with Gasteiger partial charge >= 0.3 is 0 Å². The van der Waals surface area contributed by atoms with Gasteiger partial charge in [0.05, 0.1) is 0 Å². The van der Waals surface area contributed by atoms with Gasteiger partial charge < -0.3 is 9.88 Å². The van der Waals surface area contributed by atoms with Gasteiger partial charge in [-0.2, -0.15) is 5.10 Å². The van der Waals surface area contributed by atoms with E-state index >= 15 is 0 Å². The number of aromatic nitrogens is 3. The number of likely N-dealkylation sites (tertiary alicyclic amines) is 1. The van der Waals surface area contributed by atoms with Crippen LogP contribution in [-0.2, 0) is 16.4 Å². The zero-order chi connectivity index (χ0) is 18.9. The first-order valence-corrected chi connectivity index (χ1v) is 10.2. The maximum Gasteiger partial charge on any atom is 0.270 e. The van der Waals surface area contributed by atoms with Crippen molar-refractivity contribution in [2.75, 3.05) is 17.8 Å². The molecule has 8 nitrogen and oxygen atoms in total. The molecule has 9 heteroatoms. The molecule has 1 aliphatic heterocycles. The summed E-state index contributed by atoms with van der Waals surface area (Å²) in [6, 6.07) is 3.05. The quantitative estimate of drug-likeness (QED) is 0.740. The average molecular weight is 379 g/mol. The number of nitrogens with zero attached hydrogens (tertiary/aromatic N) is 2. The van der Waals surface area contributed by atoms with Crippen LogP contribution < -0.4 is 4.72 Å². The average Bonchev–Trinajstić information content (AvgIpc) is 3.26. The van der Waals surface area contributed by atoms with Crippen LogP contribution in [0.25, 0.3) is 0 Å². The first-order chi connectivity index (χ1) is 12.1. The molecule has 2 aromatic rings. The number of nitrogens with one attached hydrogen (secondary N) is 3. The van der Waals surface area contributed by atoms with E-state index in [-0.39, 0.29) is 27.7 Å². The Labute approximate surface area is 153 Å². The van der Waals surface area contributed by atoms with Crippen LogP contribution in [-0.4, -0.2) is 47.5 Å². The van der Waals surface area contributed by atoms with Crippen LogP contribution in [0.3, 0.4) is 0 Å². The van der Waals surface area contributed by atoms with Gasteiger partial charge in [-0.1, -0.05) is 20.8 Å². The predicted octanol–water partition coefficient (Wildman–Crippen LogP) is 2.36. The maximum atomic E-state index is 12.5. The molecule has 142 valence electrons. The van der Waals surface area contributed by atoms with Gasteiger partial charge in [0.25, 0.3) is 15.9 Å². The summed E-state index contributed by atoms with van der Waals surface area (Å²) in [6.07, 6.45) is 4.04. The molecule has 0 saturated carbocycles. The minimum absolute atomic E-state index is 0.0143. The molecule has 2 aromatic heterocycles. The number of rotatable bonds is 5. The molecule has 3 rings (SSSR count). The number of aromatic amines is 2. The summed E-state index contributed by atoms with van der Waals surface area (Å²) >= 11 is 0. The molecule has 0 aliphatic carbocycles. The number of amides is 1. The molecule has 0 aromatic carbocycles. The van der Waals surface area contributed by atoms with Crippen molar-refractivity contribution >= 4 is 21.7 Å². The van der Waals surface area contributed by atoms with E-state index in [1.54, 1.807) is 11.0 Å². The summed E-state index contributed by atoms with van der Waals surface area (Å²) < 4.78 is 27.5. The van der Waals surface area contributed by atoms with Crippen LogP contribution in [0.1, 0.15) is 49.8 Å². The highest BCUT2D eigenvalue weighted by Crippen LogP contribution is 2.22. The van der Waals surface area contributed by atoms with Gasteiger partial charge in [0, 0.05) is 31.0 Å². The number of hydrogen-bond acceptors (Lipinski definition) is 4. The van der Waals surface area contributed by atoms with E-state index in [1.165, 1.54) is 12.3 Å². The van der Waals surface area contributed by atoms with Crippen LogP contribution in [0, 0.1) is 5.41 Å². The largest absolute Gasteiger partial charge is 0.356 e. The van der Waals surface area contributed by atoms with Crippen LogP contribution in [0.4, 0.5) is 5.82 Å². The Hall–Kier alpha value is -2.29. The monoisotopic (exact) mass is 379 g/mol. The first-order valence-electron chi connectivity index (χ1n) is 8.69. The fraction of sp³-hybridized carbons (Fsp3) is 0.529. The van der Waals surface area contributed by atoms with Gasteiger partial charge in [0.1, 0.15) is 10.6 Å². The standard InChI is InChI=1S/C17H25N5O3S/c1-17(2,3)10-12-8-15(20-19-12)21-26(24,25)13-9-14(18-11-13)16(23)22-6-4-5-7-22/h8-9,11,18H,4-7,10H2,1-3H3,(H2,19,20,21). The first kappa shape index (κ1) is 18.5. The van der Waals surface area contributed by atoms with Crippen LogP contribution in [0.15, 0.2) is 23.2 Å². The van der Waals surface area contributed by atoms with Gasteiger partial charge in [-0.3, -0.25) is 14.6 Å². The van der Waals surface area contributed by atoms with Crippen LogP contribution >= 0.6 is 0 Å². The Morgan fingerprint density at radius 2 is 1.96 bits per heavy atom. The summed E-state index contributed by atoms with van der Waals surface area (Å²) in [6.45, 7) is 7.70. The Kier molecular flexibility index (Phi) is 4.83. The molecule has 0 radical (unpaired) electrons. The maximum absolute atomic E-state index is 12.5. The summed E-state index contributed by atoms with van der Waals surface area (Å²) in [5, 5.41) is 6.87. The van der Waals surface area contributed by atoms with E-state index in [4.69, 9.17) is 0 Å². The minimum atomic E-state index is -3.81. The molecular weight excluding hydrogens is 354 g/mol. The van der Waals surface area contributed by atoms with E-state index in [0.717, 1.165) is 25.0 Å². The number of sulfonamides is 1. The topological polar surface area (TPSA) is 111 Å². The molecule has 1 saturated heterocycles. The van der Waals surface area contributed by atoms with E-state index in [1.807, 2.05) is 0 Å². The van der Waals surface area contributed by atoms with Gasteiger partial charge in [0.2, 0.25) is 0 Å². The molecule has 26 heavy (non-hydrogen) atoms. The van der Waals surface area contributed by atoms with Crippen molar-refractivity contribution in [3.63, 3.8) is 0 Å². The van der Waals surface area contributed by atoms with Gasteiger partial charge in [-0.15, -0.1) is 0 Å². The Morgan fingerprint density at radius 3 is 2.62 bits per heavy atom. The van der Waals surface area contributed by atoms with E-state index in [0.29, 0.717) is 13.1 Å². The zero-order valence-electron chi connectivity index (χ0n) is 15.3. The van der Waals surface area contributed by atoms with Crippen molar-refractivity contribution in [2.45, 2.75) is 44.9 Å². The lowest BCUT2D eigenvalue weighted by Crippen LogP contribution is -2.27. The summed E-state index contributed by atoms with van der Waals surface area (Å²) in [5.74, 6) is 0.0639. The van der Waals surface area contributed by atoms with Crippen molar-refractivity contribution in [3.8, 4) is 0 Å². The highest BCUT2D eigenvalue weighted by molar-refractivity contribution is 7.92. The van der Waals surface area contributed by atoms with Gasteiger partial charge in [-0.25, -0.2) is 8.42 Å². The summed E-state index contributed by atoms with van der Waals surface area (Å²) in [5.41, 5.74) is 1.20. The third-order valence-electron chi connectivity index (χ3n) is 4.18. The van der Waals surface area contributed by atoms with Gasteiger partial charge in [-0.05, 0) is 30.7 Å². The van der Waals surface area contributed by atoms with Crippen LogP contribution in [0.2, 0.25) is 0 Å². The fourth-order valence-electron chi connectivity index (χ4n) is 3.02. The van der Waals surface area contributed by atoms with E-state index < -0.39 is 10.0 Å². The number of anilines is 1. The molecule has 0 spiro atoms. The number of carbonyl (C=O) groups excluding carboxylic acids is 1. The summed E-state index contributed by atoms with van der Waals surface area (Å²) in [7, 11) is -3.81. The smallest absolute Gasteiger partial charge is 0.270 e. The lowest BCUT2D eigenvalue weighted by molar-refractivity contribution is 0.0787. The van der Waals surface area contributed by atoms with Crippen molar-refractivity contribution < 1.29 is 13.2 Å². The predicted molar refractivity (Wildman–Crippen MR) is 98.5 cm³/mol. The van der Waals surface area contributed by atoms with Crippen molar-refractivity contribution in [2.24, 2.45) is 5.41 Å². The molecule has 3 heterocycles. The Morgan fingerprint density at radius 1 is 1.27 bits per heavy atom. The van der Waals surface area contributed by atoms with Gasteiger partial charge in [0.15, 0.2) is 5.82 Å². The number of H-pyrrole nitrogens is 2. The van der Waals surface area contributed by atoms with E-state index in [9.17, 15) is 13.2 Å². The molecule has 0 unspecified atom stereocenters. The zero-order valence-corrected chi connectivity index (χ0v) is 16.1. The number of hydrogen-bond donors (Lipinski definition) is 3. The van der Waals surface area contributed by atoms with Crippen molar-refractivity contribution in [3.05, 3.63) is 29.7 Å². The second-order valence-electron chi connectivity index (χ2n) is 7.87. The fourth-order valence-corrected chi connectivity index (χ4v) is 4.00. The Bertz CT molecular complexity index is 886. The minimum Gasteiger partial charge on any atom is -0.356 e. The highest BCUT2D eigenvalue weighted by Gasteiger charge is 2.24. The number of carbonyl (C=O) groups is 1. The summed E-state index contributed by atoms with van der Waals surface area (Å²) in [4.78, 5) is 16.9. The molecular formula is C17H25N5O3S. The molecule has 0 bridgehead atoms. The molecule has 1 fully saturated rings.